The molecule has 0 aliphatic carbocycles. The topological polar surface area (TPSA) is 29.0 Å². The van der Waals surface area contributed by atoms with Crippen LogP contribution >= 0.6 is 11.6 Å². The molecule has 0 saturated carbocycles. The summed E-state index contributed by atoms with van der Waals surface area (Å²) < 4.78 is 0. The van der Waals surface area contributed by atoms with Crippen LogP contribution in [0.3, 0.4) is 0 Å². The van der Waals surface area contributed by atoms with Crippen molar-refractivity contribution in [2.24, 2.45) is 5.92 Å². The quantitative estimate of drug-likeness (QED) is 0.835. The first-order chi connectivity index (χ1) is 9.72. The van der Waals surface area contributed by atoms with Gasteiger partial charge in [-0.3, -0.25) is 0 Å². The van der Waals surface area contributed by atoms with Gasteiger partial charge in [0.05, 0.1) is 5.69 Å². The first-order valence-electron chi connectivity index (χ1n) is 7.05. The molecule has 1 saturated heterocycles. The fourth-order valence-electron chi connectivity index (χ4n) is 2.56. The zero-order chi connectivity index (χ0) is 13.9. The van der Waals surface area contributed by atoms with Crippen molar-refractivity contribution in [3.05, 3.63) is 41.7 Å². The Morgan fingerprint density at radius 3 is 2.70 bits per heavy atom. The first kappa shape index (κ1) is 13.4. The molecule has 0 spiro atoms. The molecule has 3 rings (SSSR count). The maximum Gasteiger partial charge on any atom is 0.132 e. The smallest absolute Gasteiger partial charge is 0.132 e. The molecule has 2 heterocycles. The van der Waals surface area contributed by atoms with Crippen molar-refractivity contribution in [2.45, 2.75) is 19.8 Å². The molecular formula is C16H18ClN3. The van der Waals surface area contributed by atoms with E-state index >= 15 is 0 Å². The van der Waals surface area contributed by atoms with E-state index in [-0.39, 0.29) is 0 Å². The van der Waals surface area contributed by atoms with Crippen LogP contribution in [-0.4, -0.2) is 23.1 Å². The monoisotopic (exact) mass is 287 g/mol. The fourth-order valence-corrected chi connectivity index (χ4v) is 2.75. The standard InChI is InChI=1S/C16H18ClN3/c1-12-5-7-20(8-6-12)16-10-15(18-11-19-16)13-3-2-4-14(17)9-13/h2-4,9-12H,5-8H2,1H3. The summed E-state index contributed by atoms with van der Waals surface area (Å²) in [4.78, 5) is 11.1. The van der Waals surface area contributed by atoms with Crippen molar-refractivity contribution in [3.63, 3.8) is 0 Å². The van der Waals surface area contributed by atoms with E-state index in [4.69, 9.17) is 11.6 Å². The highest BCUT2D eigenvalue weighted by molar-refractivity contribution is 6.30. The number of nitrogens with zero attached hydrogens (tertiary/aromatic N) is 3. The van der Waals surface area contributed by atoms with E-state index < -0.39 is 0 Å². The number of piperidine rings is 1. The molecular weight excluding hydrogens is 270 g/mol. The predicted octanol–water partition coefficient (Wildman–Crippen LogP) is 4.03. The Bertz CT molecular complexity index is 592. The van der Waals surface area contributed by atoms with Crippen LogP contribution in [0.5, 0.6) is 0 Å². The molecule has 0 amide bonds. The molecule has 0 radical (unpaired) electrons. The lowest BCUT2D eigenvalue weighted by Crippen LogP contribution is -2.33. The summed E-state index contributed by atoms with van der Waals surface area (Å²) in [6.45, 7) is 4.47. The molecule has 1 aliphatic heterocycles. The zero-order valence-electron chi connectivity index (χ0n) is 11.6. The second-order valence-corrected chi connectivity index (χ2v) is 5.88. The Kier molecular flexibility index (Phi) is 3.88. The van der Waals surface area contributed by atoms with Gasteiger partial charge in [0.25, 0.3) is 0 Å². The minimum Gasteiger partial charge on any atom is -0.356 e. The molecule has 1 fully saturated rings. The van der Waals surface area contributed by atoms with Crippen LogP contribution in [0.25, 0.3) is 11.3 Å². The normalized spacial score (nSPS) is 16.4. The highest BCUT2D eigenvalue weighted by Gasteiger charge is 2.17. The lowest BCUT2D eigenvalue weighted by atomic mass is 9.99. The summed E-state index contributed by atoms with van der Waals surface area (Å²) in [6.07, 6.45) is 4.11. The maximum atomic E-state index is 6.05. The van der Waals surface area contributed by atoms with E-state index in [1.165, 1.54) is 12.8 Å². The Labute approximate surface area is 124 Å². The van der Waals surface area contributed by atoms with E-state index in [2.05, 4.69) is 27.9 Å². The van der Waals surface area contributed by atoms with Gasteiger partial charge in [0.15, 0.2) is 0 Å². The summed E-state index contributed by atoms with van der Waals surface area (Å²) in [7, 11) is 0. The second kappa shape index (κ2) is 5.80. The number of hydrogen-bond acceptors (Lipinski definition) is 3. The van der Waals surface area contributed by atoms with E-state index in [0.29, 0.717) is 0 Å². The van der Waals surface area contributed by atoms with Crippen molar-refractivity contribution < 1.29 is 0 Å². The zero-order valence-corrected chi connectivity index (χ0v) is 12.3. The third-order valence-corrected chi connectivity index (χ3v) is 4.12. The highest BCUT2D eigenvalue weighted by Crippen LogP contribution is 2.25. The van der Waals surface area contributed by atoms with E-state index in [1.807, 2.05) is 24.3 Å². The van der Waals surface area contributed by atoms with Gasteiger partial charge in [-0.15, -0.1) is 0 Å². The van der Waals surface area contributed by atoms with Gasteiger partial charge in [0.2, 0.25) is 0 Å². The van der Waals surface area contributed by atoms with Crippen molar-refractivity contribution in [1.29, 1.82) is 0 Å². The first-order valence-corrected chi connectivity index (χ1v) is 7.43. The fraction of sp³-hybridized carbons (Fsp3) is 0.375. The van der Waals surface area contributed by atoms with Gasteiger partial charge >= 0.3 is 0 Å². The van der Waals surface area contributed by atoms with Crippen LogP contribution in [0.1, 0.15) is 19.8 Å². The molecule has 0 unspecified atom stereocenters. The van der Waals surface area contributed by atoms with Gasteiger partial charge in [0.1, 0.15) is 12.1 Å². The molecule has 0 bridgehead atoms. The second-order valence-electron chi connectivity index (χ2n) is 5.44. The molecule has 3 nitrogen and oxygen atoms in total. The van der Waals surface area contributed by atoms with Crippen LogP contribution in [0.15, 0.2) is 36.7 Å². The van der Waals surface area contributed by atoms with Crippen molar-refractivity contribution >= 4 is 17.4 Å². The number of hydrogen-bond donors (Lipinski definition) is 0. The number of benzene rings is 1. The summed E-state index contributed by atoms with van der Waals surface area (Å²) in [6, 6.07) is 9.84. The average molecular weight is 288 g/mol. The van der Waals surface area contributed by atoms with Crippen LogP contribution in [-0.2, 0) is 0 Å². The molecule has 20 heavy (non-hydrogen) atoms. The molecule has 2 aromatic rings. The predicted molar refractivity (Wildman–Crippen MR) is 83.1 cm³/mol. The third-order valence-electron chi connectivity index (χ3n) is 3.88. The highest BCUT2D eigenvalue weighted by atomic mass is 35.5. The van der Waals surface area contributed by atoms with Crippen LogP contribution in [0, 0.1) is 5.92 Å². The Morgan fingerprint density at radius 1 is 1.15 bits per heavy atom. The lowest BCUT2D eigenvalue weighted by molar-refractivity contribution is 0.436. The Morgan fingerprint density at radius 2 is 1.95 bits per heavy atom. The van der Waals surface area contributed by atoms with Crippen LogP contribution in [0.4, 0.5) is 5.82 Å². The lowest BCUT2D eigenvalue weighted by Gasteiger charge is -2.31. The largest absolute Gasteiger partial charge is 0.356 e. The van der Waals surface area contributed by atoms with Gasteiger partial charge < -0.3 is 4.90 Å². The van der Waals surface area contributed by atoms with Crippen molar-refractivity contribution in [1.82, 2.24) is 9.97 Å². The van der Waals surface area contributed by atoms with E-state index in [0.717, 1.165) is 41.1 Å². The average Bonchev–Trinajstić information content (AvgIpc) is 2.48. The number of rotatable bonds is 2. The maximum absolute atomic E-state index is 6.05. The molecule has 104 valence electrons. The summed E-state index contributed by atoms with van der Waals surface area (Å²) in [5.41, 5.74) is 1.96. The van der Waals surface area contributed by atoms with Crippen molar-refractivity contribution in [3.8, 4) is 11.3 Å². The number of halogens is 1. The summed E-state index contributed by atoms with van der Waals surface area (Å²) in [5, 5.41) is 0.731. The Balaban J connectivity index is 1.86. The molecule has 1 aromatic heterocycles. The minimum atomic E-state index is 0.731. The van der Waals surface area contributed by atoms with Gasteiger partial charge in [-0.05, 0) is 30.9 Å². The Hall–Kier alpha value is -1.61. The van der Waals surface area contributed by atoms with Gasteiger partial charge in [0, 0.05) is 29.7 Å². The minimum absolute atomic E-state index is 0.731. The summed E-state index contributed by atoms with van der Waals surface area (Å²) in [5.74, 6) is 1.84. The van der Waals surface area contributed by atoms with E-state index in [1.54, 1.807) is 6.33 Å². The summed E-state index contributed by atoms with van der Waals surface area (Å²) >= 11 is 6.05. The van der Waals surface area contributed by atoms with Gasteiger partial charge in [-0.25, -0.2) is 9.97 Å². The van der Waals surface area contributed by atoms with Gasteiger partial charge in [-0.2, -0.15) is 0 Å². The molecule has 0 atom stereocenters. The number of aromatic nitrogens is 2. The van der Waals surface area contributed by atoms with Crippen molar-refractivity contribution in [2.75, 3.05) is 18.0 Å². The molecule has 4 heteroatoms. The third kappa shape index (κ3) is 2.93. The molecule has 1 aromatic carbocycles. The van der Waals surface area contributed by atoms with Crippen LogP contribution < -0.4 is 4.90 Å². The SMILES string of the molecule is CC1CCN(c2cc(-c3cccc(Cl)c3)ncn2)CC1. The molecule has 0 N–H and O–H groups in total. The molecule has 1 aliphatic rings. The number of anilines is 1. The van der Waals surface area contributed by atoms with Gasteiger partial charge in [-0.1, -0.05) is 30.7 Å². The van der Waals surface area contributed by atoms with E-state index in [9.17, 15) is 0 Å². The van der Waals surface area contributed by atoms with Crippen LogP contribution in [0.2, 0.25) is 5.02 Å².